The SMILES string of the molecule is O=C(NC1CCCc2ccccc21)c1cnn(-c2ccccc2)n1. The van der Waals surface area contributed by atoms with Crippen molar-refractivity contribution in [3.63, 3.8) is 0 Å². The van der Waals surface area contributed by atoms with Crippen molar-refractivity contribution >= 4 is 5.91 Å². The monoisotopic (exact) mass is 318 g/mol. The molecule has 0 saturated carbocycles. The largest absolute Gasteiger partial charge is 0.344 e. The van der Waals surface area contributed by atoms with Crippen LogP contribution in [0.4, 0.5) is 0 Å². The van der Waals surface area contributed by atoms with Crippen molar-refractivity contribution in [3.8, 4) is 5.69 Å². The van der Waals surface area contributed by atoms with Gasteiger partial charge in [-0.15, -0.1) is 5.10 Å². The fraction of sp³-hybridized carbons (Fsp3) is 0.211. The van der Waals surface area contributed by atoms with Gasteiger partial charge in [0, 0.05) is 0 Å². The maximum absolute atomic E-state index is 12.5. The van der Waals surface area contributed by atoms with E-state index in [9.17, 15) is 4.79 Å². The van der Waals surface area contributed by atoms with Crippen molar-refractivity contribution in [2.75, 3.05) is 0 Å². The number of hydrogen-bond donors (Lipinski definition) is 1. The van der Waals surface area contributed by atoms with Gasteiger partial charge in [0.05, 0.1) is 17.9 Å². The third-order valence-electron chi connectivity index (χ3n) is 4.39. The van der Waals surface area contributed by atoms with Crippen LogP contribution in [0.25, 0.3) is 5.69 Å². The Bertz CT molecular complexity index is 857. The average molecular weight is 318 g/mol. The molecule has 3 aromatic rings. The molecule has 1 aliphatic carbocycles. The summed E-state index contributed by atoms with van der Waals surface area (Å²) in [6.45, 7) is 0. The van der Waals surface area contributed by atoms with Crippen LogP contribution in [0, 0.1) is 0 Å². The van der Waals surface area contributed by atoms with Gasteiger partial charge in [0.15, 0.2) is 5.69 Å². The fourth-order valence-electron chi connectivity index (χ4n) is 3.19. The minimum Gasteiger partial charge on any atom is -0.344 e. The number of fused-ring (bicyclic) bond motifs is 1. The van der Waals surface area contributed by atoms with Crippen LogP contribution in [-0.4, -0.2) is 20.9 Å². The lowest BCUT2D eigenvalue weighted by atomic mass is 9.88. The average Bonchev–Trinajstić information content (AvgIpc) is 3.13. The molecule has 1 amide bonds. The maximum Gasteiger partial charge on any atom is 0.273 e. The Morgan fingerprint density at radius 1 is 1.08 bits per heavy atom. The zero-order valence-corrected chi connectivity index (χ0v) is 13.2. The molecule has 1 aromatic heterocycles. The highest BCUT2D eigenvalue weighted by Gasteiger charge is 2.23. The zero-order valence-electron chi connectivity index (χ0n) is 13.2. The molecule has 0 bridgehead atoms. The van der Waals surface area contributed by atoms with Gasteiger partial charge < -0.3 is 5.32 Å². The maximum atomic E-state index is 12.5. The van der Waals surface area contributed by atoms with Gasteiger partial charge in [0.1, 0.15) is 0 Å². The molecule has 1 atom stereocenters. The molecule has 1 unspecified atom stereocenters. The standard InChI is InChI=1S/C19H18N4O/c24-19(18-13-20-23(22-18)15-9-2-1-3-10-15)21-17-12-6-8-14-7-4-5-11-16(14)17/h1-5,7,9-11,13,17H,6,8,12H2,(H,21,24). The molecule has 0 aliphatic heterocycles. The lowest BCUT2D eigenvalue weighted by Crippen LogP contribution is -2.31. The highest BCUT2D eigenvalue weighted by molar-refractivity contribution is 5.92. The van der Waals surface area contributed by atoms with E-state index in [2.05, 4.69) is 33.7 Å². The smallest absolute Gasteiger partial charge is 0.273 e. The molecular weight excluding hydrogens is 300 g/mol. The molecule has 1 N–H and O–H groups in total. The van der Waals surface area contributed by atoms with Gasteiger partial charge in [-0.25, -0.2) is 0 Å². The van der Waals surface area contributed by atoms with Gasteiger partial charge in [-0.05, 0) is 42.5 Å². The normalized spacial score (nSPS) is 16.4. The summed E-state index contributed by atoms with van der Waals surface area (Å²) in [4.78, 5) is 14.0. The molecule has 0 radical (unpaired) electrons. The Hall–Kier alpha value is -2.95. The van der Waals surface area contributed by atoms with Crippen molar-refractivity contribution in [2.45, 2.75) is 25.3 Å². The topological polar surface area (TPSA) is 59.8 Å². The highest BCUT2D eigenvalue weighted by Crippen LogP contribution is 2.29. The predicted molar refractivity (Wildman–Crippen MR) is 90.9 cm³/mol. The van der Waals surface area contributed by atoms with Crippen LogP contribution >= 0.6 is 0 Å². The number of aromatic nitrogens is 3. The number of nitrogens with one attached hydrogen (secondary N) is 1. The second-order valence-corrected chi connectivity index (χ2v) is 5.97. The molecule has 4 rings (SSSR count). The van der Waals surface area contributed by atoms with Crippen LogP contribution in [0.1, 0.15) is 40.5 Å². The lowest BCUT2D eigenvalue weighted by molar-refractivity contribution is 0.0927. The minimum atomic E-state index is -0.182. The van der Waals surface area contributed by atoms with Gasteiger partial charge >= 0.3 is 0 Å². The zero-order chi connectivity index (χ0) is 16.4. The van der Waals surface area contributed by atoms with Crippen LogP contribution in [0.5, 0.6) is 0 Å². The molecular formula is C19H18N4O. The van der Waals surface area contributed by atoms with E-state index in [0.29, 0.717) is 5.69 Å². The molecule has 24 heavy (non-hydrogen) atoms. The number of nitrogens with zero attached hydrogens (tertiary/aromatic N) is 3. The number of amides is 1. The molecule has 1 heterocycles. The van der Waals surface area contributed by atoms with Crippen LogP contribution in [0.3, 0.4) is 0 Å². The third-order valence-corrected chi connectivity index (χ3v) is 4.39. The van der Waals surface area contributed by atoms with Crippen LogP contribution in [0.15, 0.2) is 60.8 Å². The van der Waals surface area contributed by atoms with Gasteiger partial charge in [-0.2, -0.15) is 9.90 Å². The number of para-hydroxylation sites is 1. The second-order valence-electron chi connectivity index (χ2n) is 5.97. The number of carbonyl (C=O) groups excluding carboxylic acids is 1. The molecule has 0 fully saturated rings. The number of benzene rings is 2. The summed E-state index contributed by atoms with van der Waals surface area (Å²) < 4.78 is 0. The van der Waals surface area contributed by atoms with Crippen LogP contribution in [0.2, 0.25) is 0 Å². The quantitative estimate of drug-likeness (QED) is 0.807. The molecule has 5 heteroatoms. The summed E-state index contributed by atoms with van der Waals surface area (Å²) in [7, 11) is 0. The lowest BCUT2D eigenvalue weighted by Gasteiger charge is -2.25. The number of carbonyl (C=O) groups is 1. The van der Waals surface area contributed by atoms with E-state index < -0.39 is 0 Å². The summed E-state index contributed by atoms with van der Waals surface area (Å²) in [5.74, 6) is -0.182. The molecule has 5 nitrogen and oxygen atoms in total. The Kier molecular flexibility index (Phi) is 3.83. The van der Waals surface area contributed by atoms with Crippen LogP contribution in [-0.2, 0) is 6.42 Å². The molecule has 2 aromatic carbocycles. The van der Waals surface area contributed by atoms with Crippen molar-refractivity contribution in [2.24, 2.45) is 0 Å². The van der Waals surface area contributed by atoms with E-state index in [1.165, 1.54) is 22.1 Å². The first-order chi connectivity index (χ1) is 11.8. The first-order valence-electron chi connectivity index (χ1n) is 8.18. The first-order valence-corrected chi connectivity index (χ1v) is 8.18. The van der Waals surface area contributed by atoms with E-state index in [-0.39, 0.29) is 11.9 Å². The van der Waals surface area contributed by atoms with Crippen molar-refractivity contribution in [1.82, 2.24) is 20.3 Å². The second kappa shape index (κ2) is 6.28. The van der Waals surface area contributed by atoms with E-state index >= 15 is 0 Å². The Morgan fingerprint density at radius 3 is 2.75 bits per heavy atom. The van der Waals surface area contributed by atoms with E-state index in [1.807, 2.05) is 36.4 Å². The van der Waals surface area contributed by atoms with Gasteiger partial charge in [0.2, 0.25) is 0 Å². The summed E-state index contributed by atoms with van der Waals surface area (Å²) in [5, 5.41) is 11.6. The van der Waals surface area contributed by atoms with Crippen LogP contribution < -0.4 is 5.32 Å². The Morgan fingerprint density at radius 2 is 1.88 bits per heavy atom. The van der Waals surface area contributed by atoms with Gasteiger partial charge in [-0.3, -0.25) is 4.79 Å². The summed E-state index contributed by atoms with van der Waals surface area (Å²) >= 11 is 0. The minimum absolute atomic E-state index is 0.0457. The van der Waals surface area contributed by atoms with Crippen molar-refractivity contribution in [3.05, 3.63) is 77.6 Å². The summed E-state index contributed by atoms with van der Waals surface area (Å²) in [5.41, 5.74) is 3.70. The fourth-order valence-corrected chi connectivity index (χ4v) is 3.19. The molecule has 0 spiro atoms. The summed E-state index contributed by atoms with van der Waals surface area (Å²) in [6, 6.07) is 17.9. The molecule has 1 aliphatic rings. The van der Waals surface area contributed by atoms with E-state index in [0.717, 1.165) is 24.9 Å². The van der Waals surface area contributed by atoms with Crippen molar-refractivity contribution < 1.29 is 4.79 Å². The Labute approximate surface area is 140 Å². The summed E-state index contributed by atoms with van der Waals surface area (Å²) in [6.07, 6.45) is 4.62. The predicted octanol–water partition coefficient (Wildman–Crippen LogP) is 3.07. The van der Waals surface area contributed by atoms with E-state index in [1.54, 1.807) is 0 Å². The van der Waals surface area contributed by atoms with Gasteiger partial charge in [-0.1, -0.05) is 42.5 Å². The molecule has 120 valence electrons. The Balaban J connectivity index is 1.53. The van der Waals surface area contributed by atoms with Gasteiger partial charge in [0.25, 0.3) is 5.91 Å². The number of rotatable bonds is 3. The number of aryl methyl sites for hydroxylation is 1. The number of hydrogen-bond acceptors (Lipinski definition) is 3. The van der Waals surface area contributed by atoms with Crippen molar-refractivity contribution in [1.29, 1.82) is 0 Å². The third kappa shape index (κ3) is 2.80. The van der Waals surface area contributed by atoms with E-state index in [4.69, 9.17) is 0 Å². The first kappa shape index (κ1) is 14.6. The molecule has 0 saturated heterocycles. The highest BCUT2D eigenvalue weighted by atomic mass is 16.2.